The Morgan fingerprint density at radius 3 is 2.33 bits per heavy atom. The quantitative estimate of drug-likeness (QED) is 0.359. The van der Waals surface area contributed by atoms with Crippen LogP contribution < -0.4 is 0 Å². The smallest absolute Gasteiger partial charge is 0.222 e. The largest absolute Gasteiger partial charge is 0.394 e. The number of rotatable bonds is 1. The zero-order chi connectivity index (χ0) is 9.30. The first-order valence-electron chi connectivity index (χ1n) is 3.43. The maximum Gasteiger partial charge on any atom is 0.222 e. The second-order valence-electron chi connectivity index (χ2n) is 2.58. The highest BCUT2D eigenvalue weighted by Crippen LogP contribution is 2.38. The van der Waals surface area contributed by atoms with E-state index in [2.05, 4.69) is 4.52 Å². The Balaban J connectivity index is 2.70. The van der Waals surface area contributed by atoms with E-state index in [4.69, 9.17) is 20.4 Å². The minimum atomic E-state index is -2.78. The van der Waals surface area contributed by atoms with Crippen LogP contribution in [0.5, 0.6) is 0 Å². The van der Waals surface area contributed by atoms with Crippen LogP contribution >= 0.6 is 8.03 Å². The van der Waals surface area contributed by atoms with Gasteiger partial charge in [-0.05, 0) is 0 Å². The van der Waals surface area contributed by atoms with Crippen molar-refractivity contribution in [2.75, 3.05) is 6.61 Å². The Morgan fingerprint density at radius 2 is 1.83 bits per heavy atom. The van der Waals surface area contributed by atoms with Gasteiger partial charge in [-0.2, -0.15) is 0 Å². The van der Waals surface area contributed by atoms with Crippen molar-refractivity contribution in [2.24, 2.45) is 0 Å². The molecule has 1 unspecified atom stereocenters. The molecular weight excluding hydrogens is 187 g/mol. The van der Waals surface area contributed by atoms with Crippen molar-refractivity contribution in [1.29, 1.82) is 0 Å². The number of hydrogen-bond donors (Lipinski definition) is 4. The fourth-order valence-electron chi connectivity index (χ4n) is 0.980. The van der Waals surface area contributed by atoms with Gasteiger partial charge in [-0.25, -0.2) is 0 Å². The van der Waals surface area contributed by atoms with E-state index in [1.54, 1.807) is 0 Å². The minimum absolute atomic E-state index is 0.540. The van der Waals surface area contributed by atoms with Gasteiger partial charge in [0.15, 0.2) is 5.85 Å². The Labute approximate surface area is 69.3 Å². The van der Waals surface area contributed by atoms with Gasteiger partial charge in [0.05, 0.1) is 6.61 Å². The van der Waals surface area contributed by atoms with Gasteiger partial charge in [-0.15, -0.1) is 0 Å². The molecule has 5 atom stereocenters. The van der Waals surface area contributed by atoms with E-state index >= 15 is 0 Å². The lowest BCUT2D eigenvalue weighted by Gasteiger charge is -2.33. The van der Waals surface area contributed by atoms with Crippen LogP contribution in [-0.2, 0) is 9.09 Å². The van der Waals surface area contributed by atoms with Crippen LogP contribution in [0.2, 0.25) is 0 Å². The van der Waals surface area contributed by atoms with Crippen LogP contribution in [0.1, 0.15) is 0 Å². The average molecular weight is 198 g/mol. The van der Waals surface area contributed by atoms with Crippen LogP contribution in [0.25, 0.3) is 0 Å². The lowest BCUT2D eigenvalue weighted by atomic mass is 10.1. The van der Waals surface area contributed by atoms with Crippen molar-refractivity contribution in [1.82, 2.24) is 0 Å². The molecule has 4 N–H and O–H groups in total. The molecule has 1 heterocycles. The Kier molecular flexibility index (Phi) is 3.22. The van der Waals surface area contributed by atoms with Crippen molar-refractivity contribution in [3.05, 3.63) is 0 Å². The highest BCUT2D eigenvalue weighted by atomic mass is 31.1. The summed E-state index contributed by atoms with van der Waals surface area (Å²) in [5.41, 5.74) is 0. The number of hydrogen-bond acceptors (Lipinski definition) is 6. The van der Waals surface area contributed by atoms with Crippen molar-refractivity contribution in [3.63, 3.8) is 0 Å². The normalized spacial score (nSPS) is 49.2. The van der Waals surface area contributed by atoms with Gasteiger partial charge < -0.3 is 24.9 Å². The molecule has 1 saturated heterocycles. The van der Waals surface area contributed by atoms with Crippen LogP contribution in [0.15, 0.2) is 0 Å². The molecule has 0 radical (unpaired) electrons. The van der Waals surface area contributed by atoms with Crippen LogP contribution in [0.3, 0.4) is 0 Å². The summed E-state index contributed by atoms with van der Waals surface area (Å²) in [6.07, 6.45) is -3.98. The zero-order valence-corrected chi connectivity index (χ0v) is 7.12. The average Bonchev–Trinajstić information content (AvgIpc) is 2.08. The molecule has 1 rings (SSSR count). The molecule has 6 nitrogen and oxygen atoms in total. The maximum atomic E-state index is 10.9. The highest BCUT2D eigenvalue weighted by Gasteiger charge is 2.41. The second kappa shape index (κ2) is 3.83. The van der Waals surface area contributed by atoms with Crippen molar-refractivity contribution < 1.29 is 29.5 Å². The van der Waals surface area contributed by atoms with E-state index in [0.717, 1.165) is 0 Å². The van der Waals surface area contributed by atoms with Gasteiger partial charge in [0.1, 0.15) is 18.3 Å². The van der Waals surface area contributed by atoms with Gasteiger partial charge in [0.25, 0.3) is 0 Å². The first kappa shape index (κ1) is 10.1. The standard InChI is InChI=1S/C5H11O6P/c6-1-2-3(7)4(8)5(9)12(10)11-2/h2-9,12H,1H2/t2-,3-,4+,5+/m1/s1. The van der Waals surface area contributed by atoms with Crippen LogP contribution in [0.4, 0.5) is 0 Å². The summed E-state index contributed by atoms with van der Waals surface area (Å²) >= 11 is 0. The van der Waals surface area contributed by atoms with E-state index in [0.29, 0.717) is 0 Å². The predicted molar refractivity (Wildman–Crippen MR) is 39.0 cm³/mol. The third kappa shape index (κ3) is 1.69. The summed E-state index contributed by atoms with van der Waals surface area (Å²) < 4.78 is 15.4. The van der Waals surface area contributed by atoms with Gasteiger partial charge in [-0.3, -0.25) is 4.57 Å². The van der Waals surface area contributed by atoms with E-state index in [1.165, 1.54) is 0 Å². The predicted octanol–water partition coefficient (Wildman–Crippen LogP) is -2.11. The van der Waals surface area contributed by atoms with Gasteiger partial charge in [0, 0.05) is 0 Å². The lowest BCUT2D eigenvalue weighted by Crippen LogP contribution is -2.49. The second-order valence-corrected chi connectivity index (χ2v) is 4.05. The molecule has 72 valence electrons. The molecule has 0 bridgehead atoms. The summed E-state index contributed by atoms with van der Waals surface area (Å²) in [6, 6.07) is 0. The topological polar surface area (TPSA) is 107 Å². The molecule has 0 aliphatic carbocycles. The van der Waals surface area contributed by atoms with Gasteiger partial charge in [-0.1, -0.05) is 0 Å². The first-order chi connectivity index (χ1) is 5.57. The van der Waals surface area contributed by atoms with Crippen LogP contribution in [0, 0.1) is 0 Å². The molecule has 0 aromatic rings. The number of aliphatic hydroxyl groups excluding tert-OH is 4. The van der Waals surface area contributed by atoms with Crippen molar-refractivity contribution in [2.45, 2.75) is 24.2 Å². The summed E-state index contributed by atoms with van der Waals surface area (Å²) in [7, 11) is -2.78. The van der Waals surface area contributed by atoms with E-state index < -0.39 is 38.8 Å². The van der Waals surface area contributed by atoms with Crippen LogP contribution in [-0.4, -0.2) is 51.2 Å². The summed E-state index contributed by atoms with van der Waals surface area (Å²) in [5.74, 6) is -1.55. The zero-order valence-electron chi connectivity index (χ0n) is 6.12. The summed E-state index contributed by atoms with van der Waals surface area (Å²) in [5, 5.41) is 35.7. The fourth-order valence-corrected chi connectivity index (χ4v) is 2.11. The molecule has 12 heavy (non-hydrogen) atoms. The molecule has 0 aromatic heterocycles. The van der Waals surface area contributed by atoms with Gasteiger partial charge >= 0.3 is 0 Å². The van der Waals surface area contributed by atoms with E-state index in [1.807, 2.05) is 0 Å². The van der Waals surface area contributed by atoms with Crippen molar-refractivity contribution in [3.8, 4) is 0 Å². The lowest BCUT2D eigenvalue weighted by molar-refractivity contribution is -0.110. The number of aliphatic hydroxyl groups is 4. The SMILES string of the molecule is O=[PH]1O[C@H](CO)[C@@H](O)[C@H](O)[C@H]1O. The fraction of sp³-hybridized carbons (Fsp3) is 1.00. The van der Waals surface area contributed by atoms with E-state index in [-0.39, 0.29) is 0 Å². The summed E-state index contributed by atoms with van der Waals surface area (Å²) in [4.78, 5) is 0. The Hall–Kier alpha value is 0.0300. The third-order valence-corrected chi connectivity index (χ3v) is 3.10. The molecule has 1 fully saturated rings. The molecule has 1 aliphatic rings. The third-order valence-electron chi connectivity index (χ3n) is 1.74. The molecule has 0 amide bonds. The van der Waals surface area contributed by atoms with Crippen molar-refractivity contribution >= 4 is 8.03 Å². The maximum absolute atomic E-state index is 10.9. The molecule has 0 aromatic carbocycles. The molecular formula is C5H11O6P. The molecule has 7 heteroatoms. The first-order valence-corrected chi connectivity index (χ1v) is 4.83. The summed E-state index contributed by atoms with van der Waals surface area (Å²) in [6.45, 7) is -0.540. The minimum Gasteiger partial charge on any atom is -0.394 e. The Morgan fingerprint density at radius 1 is 1.25 bits per heavy atom. The molecule has 0 spiro atoms. The van der Waals surface area contributed by atoms with E-state index in [9.17, 15) is 4.57 Å². The Bertz CT molecular complexity index is 183. The monoisotopic (exact) mass is 198 g/mol. The van der Waals surface area contributed by atoms with Gasteiger partial charge in [0.2, 0.25) is 8.03 Å². The molecule has 1 aliphatic heterocycles. The highest BCUT2D eigenvalue weighted by molar-refractivity contribution is 7.39. The molecule has 0 saturated carbocycles.